The van der Waals surface area contributed by atoms with E-state index in [9.17, 15) is 22.8 Å². The van der Waals surface area contributed by atoms with Crippen molar-refractivity contribution < 1.29 is 22.8 Å². The van der Waals surface area contributed by atoms with Crippen molar-refractivity contribution in [2.45, 2.75) is 25.4 Å². The Morgan fingerprint density at radius 2 is 2.00 bits per heavy atom. The lowest BCUT2D eigenvalue weighted by Crippen LogP contribution is -2.47. The first-order chi connectivity index (χ1) is 11.8. The Kier molecular flexibility index (Phi) is 5.09. The Hall–Kier alpha value is -1.57. The van der Waals surface area contributed by atoms with Crippen LogP contribution in [0.4, 0.5) is 18.9 Å². The van der Waals surface area contributed by atoms with E-state index in [-0.39, 0.29) is 37.7 Å². The molecule has 0 unspecified atom stereocenters. The number of carbonyl (C=O) groups is 2. The number of carbonyl (C=O) groups excluding carboxylic acids is 2. The Bertz CT molecular complexity index is 680. The molecule has 2 aliphatic rings. The van der Waals surface area contributed by atoms with E-state index in [0.717, 1.165) is 4.47 Å². The van der Waals surface area contributed by atoms with Gasteiger partial charge in [0.15, 0.2) is 0 Å². The summed E-state index contributed by atoms with van der Waals surface area (Å²) in [6.07, 6.45) is -3.85. The van der Waals surface area contributed by atoms with Crippen LogP contribution in [0.15, 0.2) is 28.7 Å². The highest BCUT2D eigenvalue weighted by Crippen LogP contribution is 2.34. The molecule has 0 saturated carbocycles. The summed E-state index contributed by atoms with van der Waals surface area (Å²) in [6.45, 7) is 0.234. The first kappa shape index (κ1) is 18.2. The van der Waals surface area contributed by atoms with Crippen LogP contribution in [0.2, 0.25) is 0 Å². The van der Waals surface area contributed by atoms with Gasteiger partial charge in [0.1, 0.15) is 0 Å². The van der Waals surface area contributed by atoms with Gasteiger partial charge in [-0.2, -0.15) is 13.2 Å². The maximum atomic E-state index is 12.9. The summed E-state index contributed by atoms with van der Waals surface area (Å²) < 4.78 is 39.6. The molecule has 2 atom stereocenters. The van der Waals surface area contributed by atoms with Crippen LogP contribution in [0.1, 0.15) is 19.3 Å². The molecule has 2 saturated heterocycles. The normalized spacial score (nSPS) is 24.7. The zero-order chi connectivity index (χ0) is 18.2. The standard InChI is InChI=1S/C17H18BrF3N2O2/c18-13-4-1-5-14(8-13)23-9-11(7-15(23)24)16(25)22-6-2-3-12(10-22)17(19,20)21/h1,4-5,8,11-12H,2-3,6-7,9-10H2/t11-,12+/m1/s1. The minimum atomic E-state index is -4.28. The molecule has 3 rings (SSSR count). The highest BCUT2D eigenvalue weighted by atomic mass is 79.9. The number of rotatable bonds is 2. The number of alkyl halides is 3. The molecular weight excluding hydrogens is 401 g/mol. The number of halogens is 4. The molecular formula is C17H18BrF3N2O2. The molecule has 8 heteroatoms. The van der Waals surface area contributed by atoms with Gasteiger partial charge in [0, 0.05) is 36.2 Å². The van der Waals surface area contributed by atoms with Gasteiger partial charge >= 0.3 is 6.18 Å². The molecule has 2 heterocycles. The molecule has 0 bridgehead atoms. The lowest BCUT2D eigenvalue weighted by Gasteiger charge is -2.35. The van der Waals surface area contributed by atoms with E-state index in [1.54, 1.807) is 18.2 Å². The first-order valence-corrected chi connectivity index (χ1v) is 8.96. The number of nitrogens with zero attached hydrogens (tertiary/aromatic N) is 2. The zero-order valence-corrected chi connectivity index (χ0v) is 15.0. The van der Waals surface area contributed by atoms with E-state index in [1.165, 1.54) is 9.80 Å². The van der Waals surface area contributed by atoms with Gasteiger partial charge in [-0.15, -0.1) is 0 Å². The third-order valence-corrected chi connectivity index (χ3v) is 5.28. The predicted molar refractivity (Wildman–Crippen MR) is 90.0 cm³/mol. The molecule has 1 aromatic rings. The quantitative estimate of drug-likeness (QED) is 0.735. The Morgan fingerprint density at radius 1 is 1.24 bits per heavy atom. The number of anilines is 1. The second kappa shape index (κ2) is 6.97. The van der Waals surface area contributed by atoms with Gasteiger partial charge in [-0.3, -0.25) is 9.59 Å². The van der Waals surface area contributed by atoms with Crippen LogP contribution in [0.25, 0.3) is 0 Å². The summed E-state index contributed by atoms with van der Waals surface area (Å²) in [6, 6.07) is 7.18. The Morgan fingerprint density at radius 3 is 2.68 bits per heavy atom. The molecule has 0 spiro atoms. The number of piperidine rings is 1. The molecule has 2 amide bonds. The third-order valence-electron chi connectivity index (χ3n) is 4.79. The van der Waals surface area contributed by atoms with E-state index < -0.39 is 18.0 Å². The second-order valence-corrected chi connectivity index (χ2v) is 7.47. The fourth-order valence-electron chi connectivity index (χ4n) is 3.47. The predicted octanol–water partition coefficient (Wildman–Crippen LogP) is 3.60. The van der Waals surface area contributed by atoms with Crippen molar-refractivity contribution in [3.05, 3.63) is 28.7 Å². The highest BCUT2D eigenvalue weighted by Gasteiger charge is 2.44. The van der Waals surface area contributed by atoms with Crippen LogP contribution >= 0.6 is 15.9 Å². The van der Waals surface area contributed by atoms with Crippen molar-refractivity contribution in [2.24, 2.45) is 11.8 Å². The van der Waals surface area contributed by atoms with Crippen LogP contribution in [0.5, 0.6) is 0 Å². The molecule has 0 aliphatic carbocycles. The van der Waals surface area contributed by atoms with Crippen molar-refractivity contribution in [2.75, 3.05) is 24.5 Å². The average Bonchev–Trinajstić information content (AvgIpc) is 2.95. The summed E-state index contributed by atoms with van der Waals surface area (Å²) in [4.78, 5) is 27.7. The summed E-state index contributed by atoms with van der Waals surface area (Å²) in [5.41, 5.74) is 0.682. The van der Waals surface area contributed by atoms with Crippen molar-refractivity contribution in [3.8, 4) is 0 Å². The van der Waals surface area contributed by atoms with Crippen molar-refractivity contribution in [1.29, 1.82) is 0 Å². The van der Waals surface area contributed by atoms with Crippen LogP contribution in [0, 0.1) is 11.8 Å². The van der Waals surface area contributed by atoms with Crippen LogP contribution in [-0.4, -0.2) is 42.5 Å². The SMILES string of the molecule is O=C([C@@H]1CC(=O)N(c2cccc(Br)c2)C1)N1CCC[C@H](C(F)(F)F)C1. The molecule has 25 heavy (non-hydrogen) atoms. The lowest BCUT2D eigenvalue weighted by atomic mass is 9.96. The highest BCUT2D eigenvalue weighted by molar-refractivity contribution is 9.10. The third kappa shape index (κ3) is 3.99. The fourth-order valence-corrected chi connectivity index (χ4v) is 3.86. The van der Waals surface area contributed by atoms with E-state index >= 15 is 0 Å². The summed E-state index contributed by atoms with van der Waals surface area (Å²) >= 11 is 3.34. The first-order valence-electron chi connectivity index (χ1n) is 8.17. The van der Waals surface area contributed by atoms with Crippen molar-refractivity contribution in [1.82, 2.24) is 4.90 Å². The average molecular weight is 419 g/mol. The molecule has 136 valence electrons. The fraction of sp³-hybridized carbons (Fsp3) is 0.529. The van der Waals surface area contributed by atoms with E-state index in [0.29, 0.717) is 18.7 Å². The summed E-state index contributed by atoms with van der Waals surface area (Å²) in [5.74, 6) is -2.58. The maximum absolute atomic E-state index is 12.9. The van der Waals surface area contributed by atoms with Gasteiger partial charge in [-0.1, -0.05) is 22.0 Å². The van der Waals surface area contributed by atoms with Crippen molar-refractivity contribution >= 4 is 33.4 Å². The topological polar surface area (TPSA) is 40.6 Å². The number of benzene rings is 1. The maximum Gasteiger partial charge on any atom is 0.393 e. The number of hydrogen-bond acceptors (Lipinski definition) is 2. The Labute approximate surface area is 152 Å². The molecule has 0 N–H and O–H groups in total. The largest absolute Gasteiger partial charge is 0.393 e. The monoisotopic (exact) mass is 418 g/mol. The van der Waals surface area contributed by atoms with Gasteiger partial charge in [-0.05, 0) is 31.0 Å². The van der Waals surface area contributed by atoms with E-state index in [2.05, 4.69) is 15.9 Å². The van der Waals surface area contributed by atoms with Crippen LogP contribution in [0.3, 0.4) is 0 Å². The van der Waals surface area contributed by atoms with E-state index in [1.807, 2.05) is 6.07 Å². The van der Waals surface area contributed by atoms with Crippen molar-refractivity contribution in [3.63, 3.8) is 0 Å². The van der Waals surface area contributed by atoms with Gasteiger partial charge in [0.05, 0.1) is 11.8 Å². The van der Waals surface area contributed by atoms with Gasteiger partial charge in [-0.25, -0.2) is 0 Å². The van der Waals surface area contributed by atoms with Crippen LogP contribution < -0.4 is 4.90 Å². The molecule has 2 aliphatic heterocycles. The molecule has 2 fully saturated rings. The Balaban J connectivity index is 1.68. The number of hydrogen-bond donors (Lipinski definition) is 0. The smallest absolute Gasteiger partial charge is 0.342 e. The summed E-state index contributed by atoms with van der Waals surface area (Å²) in [7, 11) is 0. The molecule has 0 aromatic heterocycles. The molecule has 0 radical (unpaired) electrons. The van der Waals surface area contributed by atoms with Crippen LogP contribution in [-0.2, 0) is 9.59 Å². The van der Waals surface area contributed by atoms with E-state index in [4.69, 9.17) is 0 Å². The lowest BCUT2D eigenvalue weighted by molar-refractivity contribution is -0.188. The molecule has 1 aromatic carbocycles. The molecule has 4 nitrogen and oxygen atoms in total. The van der Waals surface area contributed by atoms with Gasteiger partial charge in [0.2, 0.25) is 11.8 Å². The number of amides is 2. The van der Waals surface area contributed by atoms with Gasteiger partial charge < -0.3 is 9.80 Å². The minimum Gasteiger partial charge on any atom is -0.342 e. The van der Waals surface area contributed by atoms with Gasteiger partial charge in [0.25, 0.3) is 0 Å². The zero-order valence-electron chi connectivity index (χ0n) is 13.4. The number of likely N-dealkylation sites (tertiary alicyclic amines) is 1. The summed E-state index contributed by atoms with van der Waals surface area (Å²) in [5, 5.41) is 0. The minimum absolute atomic E-state index is 0.0402. The second-order valence-electron chi connectivity index (χ2n) is 6.55.